The fraction of sp³-hybridized carbons (Fsp3) is 0.250. The average Bonchev–Trinajstić information content (AvgIpc) is 3.15. The molecule has 4 heterocycles. The summed E-state index contributed by atoms with van der Waals surface area (Å²) in [5.74, 6) is -0.0404. The molecule has 0 saturated carbocycles. The van der Waals surface area contributed by atoms with Gasteiger partial charge < -0.3 is 25.2 Å². The standard InChI is InChI=1S/C24H24N6O3/c1-15-11-17(26-24(32)33)14-29(13-15)21-7-9-25-12-20(21)28-23(31)19-6-5-16-8-10-30(22(16)27-19)18-3-2-4-18/h2-10,12,15,17,26H,11,13-14H2,1H3,(H,28,31)(H,32,33)/t15-,17+/m1/s1. The second-order valence-electron chi connectivity index (χ2n) is 8.48. The minimum Gasteiger partial charge on any atom is -0.465 e. The van der Waals surface area contributed by atoms with Gasteiger partial charge in [0.15, 0.2) is 0 Å². The van der Waals surface area contributed by atoms with Gasteiger partial charge in [0, 0.05) is 42.6 Å². The maximum Gasteiger partial charge on any atom is 0.404 e. The van der Waals surface area contributed by atoms with E-state index in [9.17, 15) is 9.59 Å². The van der Waals surface area contributed by atoms with Crippen LogP contribution in [0, 0.1) is 5.92 Å². The molecule has 168 valence electrons. The highest BCUT2D eigenvalue weighted by Gasteiger charge is 2.27. The SMILES string of the molecule is C[C@@H]1C[C@H](NC(=O)O)CN(c2ccncc2NC(=O)c2ccc3ccn(C4=CC=C4)c3n2)C1. The lowest BCUT2D eigenvalue weighted by molar-refractivity contribution is 0.102. The molecule has 1 aliphatic carbocycles. The number of fused-ring (bicyclic) bond motifs is 1. The highest BCUT2D eigenvalue weighted by molar-refractivity contribution is 6.05. The Kier molecular flexibility index (Phi) is 5.29. The Morgan fingerprint density at radius 3 is 2.79 bits per heavy atom. The molecule has 3 aromatic heterocycles. The molecule has 0 aromatic carbocycles. The van der Waals surface area contributed by atoms with E-state index in [2.05, 4.69) is 32.4 Å². The predicted molar refractivity (Wildman–Crippen MR) is 126 cm³/mol. The number of carboxylic acid groups (broad SMARTS) is 1. The average molecular weight is 444 g/mol. The van der Waals surface area contributed by atoms with Crippen LogP contribution in [0.5, 0.6) is 0 Å². The monoisotopic (exact) mass is 444 g/mol. The van der Waals surface area contributed by atoms with Crippen LogP contribution < -0.4 is 15.5 Å². The molecule has 0 unspecified atom stereocenters. The Morgan fingerprint density at radius 1 is 1.18 bits per heavy atom. The lowest BCUT2D eigenvalue weighted by atomic mass is 9.95. The van der Waals surface area contributed by atoms with Gasteiger partial charge >= 0.3 is 6.09 Å². The van der Waals surface area contributed by atoms with Crippen LogP contribution >= 0.6 is 0 Å². The Morgan fingerprint density at radius 2 is 2.03 bits per heavy atom. The molecule has 33 heavy (non-hydrogen) atoms. The van der Waals surface area contributed by atoms with Crippen LogP contribution in [-0.2, 0) is 0 Å². The van der Waals surface area contributed by atoms with E-state index in [1.807, 2.05) is 47.2 Å². The summed E-state index contributed by atoms with van der Waals surface area (Å²) in [6.45, 7) is 3.36. The maximum absolute atomic E-state index is 13.1. The van der Waals surface area contributed by atoms with Crippen molar-refractivity contribution in [3.8, 4) is 0 Å². The number of allylic oxidation sites excluding steroid dienone is 4. The number of hydrogen-bond acceptors (Lipinski definition) is 5. The van der Waals surface area contributed by atoms with Crippen molar-refractivity contribution in [2.24, 2.45) is 5.92 Å². The van der Waals surface area contributed by atoms with Crippen molar-refractivity contribution in [2.45, 2.75) is 19.4 Å². The van der Waals surface area contributed by atoms with Crippen LogP contribution in [0.15, 0.2) is 61.1 Å². The summed E-state index contributed by atoms with van der Waals surface area (Å²) in [4.78, 5) is 35.1. The minimum absolute atomic E-state index is 0.185. The number of carbonyl (C=O) groups excluding carboxylic acids is 1. The molecule has 1 fully saturated rings. The Balaban J connectivity index is 1.39. The number of amides is 2. The number of hydrogen-bond donors (Lipinski definition) is 3. The largest absolute Gasteiger partial charge is 0.465 e. The number of rotatable bonds is 5. The van der Waals surface area contributed by atoms with E-state index in [4.69, 9.17) is 5.11 Å². The van der Waals surface area contributed by atoms with Crippen molar-refractivity contribution >= 4 is 40.1 Å². The van der Waals surface area contributed by atoms with Gasteiger partial charge in [0.25, 0.3) is 5.91 Å². The second-order valence-corrected chi connectivity index (χ2v) is 8.48. The third kappa shape index (κ3) is 4.17. The number of piperidine rings is 1. The second kappa shape index (κ2) is 8.42. The number of nitrogens with zero attached hydrogens (tertiary/aromatic N) is 4. The number of pyridine rings is 2. The summed E-state index contributed by atoms with van der Waals surface area (Å²) in [6, 6.07) is 7.21. The Labute approximate surface area is 190 Å². The van der Waals surface area contributed by atoms with Crippen LogP contribution in [0.4, 0.5) is 16.2 Å². The maximum atomic E-state index is 13.1. The molecule has 2 atom stereocenters. The van der Waals surface area contributed by atoms with Gasteiger partial charge in [-0.05, 0) is 48.8 Å². The van der Waals surface area contributed by atoms with E-state index in [0.29, 0.717) is 23.8 Å². The van der Waals surface area contributed by atoms with Gasteiger partial charge in [0.1, 0.15) is 11.3 Å². The molecular weight excluding hydrogens is 420 g/mol. The van der Waals surface area contributed by atoms with Gasteiger partial charge in [-0.3, -0.25) is 9.78 Å². The van der Waals surface area contributed by atoms with Crippen molar-refractivity contribution in [3.63, 3.8) is 0 Å². The lowest BCUT2D eigenvalue weighted by Gasteiger charge is -2.38. The number of anilines is 2. The highest BCUT2D eigenvalue weighted by Crippen LogP contribution is 2.30. The molecule has 0 spiro atoms. The summed E-state index contributed by atoms with van der Waals surface area (Å²) in [6.07, 6.45) is 10.9. The number of carbonyl (C=O) groups is 2. The molecular formula is C24H24N6O3. The fourth-order valence-corrected chi connectivity index (χ4v) is 4.46. The van der Waals surface area contributed by atoms with Crippen molar-refractivity contribution < 1.29 is 14.7 Å². The van der Waals surface area contributed by atoms with Crippen LogP contribution in [0.1, 0.15) is 23.8 Å². The van der Waals surface area contributed by atoms with E-state index in [0.717, 1.165) is 35.4 Å². The van der Waals surface area contributed by atoms with E-state index >= 15 is 0 Å². The molecule has 3 N–H and O–H groups in total. The van der Waals surface area contributed by atoms with Gasteiger partial charge in [-0.15, -0.1) is 0 Å². The topological polar surface area (TPSA) is 112 Å². The molecule has 1 aliphatic heterocycles. The van der Waals surface area contributed by atoms with Gasteiger partial charge in [0.2, 0.25) is 0 Å². The Bertz CT molecular complexity index is 1290. The molecule has 9 heteroatoms. The third-order valence-corrected chi connectivity index (χ3v) is 5.96. The van der Waals surface area contributed by atoms with Crippen molar-refractivity contribution in [1.82, 2.24) is 19.9 Å². The predicted octanol–water partition coefficient (Wildman–Crippen LogP) is 3.58. The van der Waals surface area contributed by atoms with E-state index in [-0.39, 0.29) is 11.9 Å². The first-order valence-corrected chi connectivity index (χ1v) is 10.8. The van der Waals surface area contributed by atoms with Crippen LogP contribution in [0.3, 0.4) is 0 Å². The highest BCUT2D eigenvalue weighted by atomic mass is 16.4. The molecule has 9 nitrogen and oxygen atoms in total. The van der Waals surface area contributed by atoms with Gasteiger partial charge in [-0.1, -0.05) is 13.0 Å². The van der Waals surface area contributed by atoms with Crippen molar-refractivity contribution in [1.29, 1.82) is 0 Å². The normalized spacial score (nSPS) is 19.7. The quantitative estimate of drug-likeness (QED) is 0.555. The number of nitrogens with one attached hydrogen (secondary N) is 2. The first-order chi connectivity index (χ1) is 16.0. The summed E-state index contributed by atoms with van der Waals surface area (Å²) < 4.78 is 1.95. The molecule has 2 aliphatic rings. The van der Waals surface area contributed by atoms with Gasteiger partial charge in [-0.25, -0.2) is 9.78 Å². The van der Waals surface area contributed by atoms with E-state index in [1.54, 1.807) is 18.5 Å². The zero-order valence-electron chi connectivity index (χ0n) is 18.1. The zero-order chi connectivity index (χ0) is 22.9. The van der Waals surface area contributed by atoms with Gasteiger partial charge in [-0.2, -0.15) is 0 Å². The minimum atomic E-state index is -1.03. The smallest absolute Gasteiger partial charge is 0.404 e. The molecule has 0 radical (unpaired) electrons. The van der Waals surface area contributed by atoms with Gasteiger partial charge in [0.05, 0.1) is 17.6 Å². The summed E-state index contributed by atoms with van der Waals surface area (Å²) in [7, 11) is 0. The van der Waals surface area contributed by atoms with Crippen LogP contribution in [0.2, 0.25) is 0 Å². The molecule has 5 rings (SSSR count). The van der Waals surface area contributed by atoms with Crippen LogP contribution in [-0.4, -0.2) is 50.8 Å². The summed E-state index contributed by atoms with van der Waals surface area (Å²) in [5, 5.41) is 15.6. The molecule has 2 amide bonds. The van der Waals surface area contributed by atoms with E-state index < -0.39 is 6.09 Å². The summed E-state index contributed by atoms with van der Waals surface area (Å²) >= 11 is 0. The lowest BCUT2D eigenvalue weighted by Crippen LogP contribution is -2.50. The first-order valence-electron chi connectivity index (χ1n) is 10.8. The molecule has 3 aromatic rings. The summed E-state index contributed by atoms with van der Waals surface area (Å²) in [5.41, 5.74) is 3.41. The van der Waals surface area contributed by atoms with Crippen molar-refractivity contribution in [2.75, 3.05) is 23.3 Å². The van der Waals surface area contributed by atoms with E-state index in [1.165, 1.54) is 0 Å². The molecule has 0 bridgehead atoms. The first kappa shape index (κ1) is 20.7. The Hall–Kier alpha value is -4.14. The number of aromatic nitrogens is 3. The van der Waals surface area contributed by atoms with Crippen LogP contribution in [0.25, 0.3) is 16.7 Å². The fourth-order valence-electron chi connectivity index (χ4n) is 4.46. The van der Waals surface area contributed by atoms with Crippen molar-refractivity contribution in [3.05, 3.63) is 66.8 Å². The third-order valence-electron chi connectivity index (χ3n) is 5.96. The molecule has 1 saturated heterocycles. The zero-order valence-corrected chi connectivity index (χ0v) is 18.1.